The van der Waals surface area contributed by atoms with E-state index in [1.165, 1.54) is 6.20 Å². The first-order valence-corrected chi connectivity index (χ1v) is 9.54. The highest BCUT2D eigenvalue weighted by Gasteiger charge is 2.36. The normalized spacial score (nSPS) is 17.8. The molecule has 26 heavy (non-hydrogen) atoms. The second-order valence-corrected chi connectivity index (χ2v) is 7.85. The summed E-state index contributed by atoms with van der Waals surface area (Å²) in [5.41, 5.74) is 1.21. The zero-order valence-electron chi connectivity index (χ0n) is 14.3. The molecule has 0 bridgehead atoms. The van der Waals surface area contributed by atoms with E-state index in [0.29, 0.717) is 42.5 Å². The third kappa shape index (κ3) is 3.40. The van der Waals surface area contributed by atoms with Gasteiger partial charge in [-0.15, -0.1) is 11.3 Å². The van der Waals surface area contributed by atoms with Gasteiger partial charge in [0.1, 0.15) is 11.2 Å². The number of halogens is 2. The molecule has 0 spiro atoms. The van der Waals surface area contributed by atoms with E-state index in [0.717, 1.165) is 10.7 Å². The molecular formula is C17H19F2N5OS. The Morgan fingerprint density at radius 3 is 2.77 bits per heavy atom. The largest absolute Gasteiger partial charge is 0.310 e. The molecule has 3 aromatic heterocycles. The van der Waals surface area contributed by atoms with Gasteiger partial charge in [-0.25, -0.2) is 23.4 Å². The van der Waals surface area contributed by atoms with E-state index in [4.69, 9.17) is 0 Å². The Kier molecular flexibility index (Phi) is 4.34. The highest BCUT2D eigenvalue weighted by Crippen LogP contribution is 2.38. The number of aryl methyl sites for hydroxylation is 3. The predicted octanol–water partition coefficient (Wildman–Crippen LogP) is 3.42. The standard InChI is InChI=1S/C17H19F2N5OS/c1-10-21-11(9-26-10)2-3-14-22-15-13(16(25)23-14)8-20-24(15)12-4-6-17(18,19)7-5-12/h8-9,12H,2-7H2,1H3,(H,22,23,25). The summed E-state index contributed by atoms with van der Waals surface area (Å²) in [6.07, 6.45) is 3.08. The third-order valence-electron chi connectivity index (χ3n) is 4.83. The third-order valence-corrected chi connectivity index (χ3v) is 5.65. The van der Waals surface area contributed by atoms with Crippen LogP contribution in [0.25, 0.3) is 11.0 Å². The summed E-state index contributed by atoms with van der Waals surface area (Å²) in [6, 6.07) is -0.143. The molecule has 1 N–H and O–H groups in total. The molecule has 0 aromatic carbocycles. The second kappa shape index (κ2) is 6.53. The molecule has 1 saturated carbocycles. The van der Waals surface area contributed by atoms with E-state index in [-0.39, 0.29) is 24.4 Å². The van der Waals surface area contributed by atoms with Gasteiger partial charge in [0, 0.05) is 24.6 Å². The fourth-order valence-electron chi connectivity index (χ4n) is 3.41. The topological polar surface area (TPSA) is 76.5 Å². The number of aromatic nitrogens is 5. The minimum Gasteiger partial charge on any atom is -0.310 e. The summed E-state index contributed by atoms with van der Waals surface area (Å²) in [5.74, 6) is -2.03. The number of alkyl halides is 2. The van der Waals surface area contributed by atoms with Gasteiger partial charge >= 0.3 is 0 Å². The fraction of sp³-hybridized carbons (Fsp3) is 0.529. The lowest BCUT2D eigenvalue weighted by molar-refractivity contribution is -0.0446. The van der Waals surface area contributed by atoms with Gasteiger partial charge in [-0.2, -0.15) is 5.10 Å². The highest BCUT2D eigenvalue weighted by molar-refractivity contribution is 7.09. The number of rotatable bonds is 4. The van der Waals surface area contributed by atoms with Crippen molar-refractivity contribution >= 4 is 22.4 Å². The maximum atomic E-state index is 13.4. The molecular weight excluding hydrogens is 360 g/mol. The number of hydrogen-bond donors (Lipinski definition) is 1. The van der Waals surface area contributed by atoms with E-state index in [9.17, 15) is 13.6 Å². The lowest BCUT2D eigenvalue weighted by Crippen LogP contribution is -2.27. The van der Waals surface area contributed by atoms with Gasteiger partial charge in [-0.05, 0) is 26.2 Å². The van der Waals surface area contributed by atoms with Gasteiger partial charge in [0.15, 0.2) is 5.65 Å². The van der Waals surface area contributed by atoms with Crippen molar-refractivity contribution in [2.45, 2.75) is 57.4 Å². The van der Waals surface area contributed by atoms with Crippen LogP contribution >= 0.6 is 11.3 Å². The van der Waals surface area contributed by atoms with E-state index >= 15 is 0 Å². The van der Waals surface area contributed by atoms with Crippen LogP contribution in [0.5, 0.6) is 0 Å². The van der Waals surface area contributed by atoms with Gasteiger partial charge in [-0.1, -0.05) is 0 Å². The molecule has 0 unspecified atom stereocenters. The van der Waals surface area contributed by atoms with Crippen LogP contribution in [0.2, 0.25) is 0 Å². The Morgan fingerprint density at radius 1 is 1.31 bits per heavy atom. The number of fused-ring (bicyclic) bond motifs is 1. The minimum atomic E-state index is -2.60. The molecule has 3 heterocycles. The lowest BCUT2D eigenvalue weighted by atomic mass is 9.92. The number of nitrogens with one attached hydrogen (secondary N) is 1. The van der Waals surface area contributed by atoms with E-state index < -0.39 is 5.92 Å². The fourth-order valence-corrected chi connectivity index (χ4v) is 4.05. The molecule has 1 fully saturated rings. The predicted molar refractivity (Wildman–Crippen MR) is 94.9 cm³/mol. The Balaban J connectivity index is 1.60. The molecule has 0 atom stereocenters. The van der Waals surface area contributed by atoms with Gasteiger partial charge < -0.3 is 4.98 Å². The maximum Gasteiger partial charge on any atom is 0.262 e. The molecule has 4 rings (SSSR count). The number of H-pyrrole nitrogens is 1. The summed E-state index contributed by atoms with van der Waals surface area (Å²) in [5, 5.41) is 7.67. The number of aromatic amines is 1. The van der Waals surface area contributed by atoms with Crippen molar-refractivity contribution in [2.24, 2.45) is 0 Å². The zero-order chi connectivity index (χ0) is 18.3. The quantitative estimate of drug-likeness (QED) is 0.754. The Labute approximate surface area is 152 Å². The monoisotopic (exact) mass is 379 g/mol. The summed E-state index contributed by atoms with van der Waals surface area (Å²) in [6.45, 7) is 1.95. The van der Waals surface area contributed by atoms with Crippen LogP contribution in [0.1, 0.15) is 48.3 Å². The van der Waals surface area contributed by atoms with Crippen LogP contribution in [0.15, 0.2) is 16.4 Å². The Hall–Kier alpha value is -2.16. The van der Waals surface area contributed by atoms with Crippen LogP contribution in [0, 0.1) is 6.92 Å². The molecule has 0 radical (unpaired) electrons. The highest BCUT2D eigenvalue weighted by atomic mass is 32.1. The van der Waals surface area contributed by atoms with Crippen molar-refractivity contribution in [1.29, 1.82) is 0 Å². The summed E-state index contributed by atoms with van der Waals surface area (Å²) >= 11 is 1.59. The van der Waals surface area contributed by atoms with Crippen LogP contribution in [0.3, 0.4) is 0 Å². The summed E-state index contributed by atoms with van der Waals surface area (Å²) in [7, 11) is 0. The van der Waals surface area contributed by atoms with Crippen molar-refractivity contribution in [3.8, 4) is 0 Å². The van der Waals surface area contributed by atoms with Gasteiger partial charge in [0.2, 0.25) is 5.92 Å². The lowest BCUT2D eigenvalue weighted by Gasteiger charge is -2.28. The first kappa shape index (κ1) is 17.3. The summed E-state index contributed by atoms with van der Waals surface area (Å²) < 4.78 is 28.5. The van der Waals surface area contributed by atoms with Crippen molar-refractivity contribution in [1.82, 2.24) is 24.7 Å². The zero-order valence-corrected chi connectivity index (χ0v) is 15.2. The Morgan fingerprint density at radius 2 is 2.08 bits per heavy atom. The van der Waals surface area contributed by atoms with E-state index in [1.807, 2.05) is 12.3 Å². The van der Waals surface area contributed by atoms with Crippen molar-refractivity contribution in [3.63, 3.8) is 0 Å². The first-order valence-electron chi connectivity index (χ1n) is 8.66. The van der Waals surface area contributed by atoms with Crippen molar-refractivity contribution in [3.05, 3.63) is 38.5 Å². The van der Waals surface area contributed by atoms with Gasteiger partial charge in [0.25, 0.3) is 5.56 Å². The molecule has 3 aromatic rings. The summed E-state index contributed by atoms with van der Waals surface area (Å²) in [4.78, 5) is 24.1. The molecule has 0 saturated heterocycles. The van der Waals surface area contributed by atoms with Gasteiger partial charge in [-0.3, -0.25) is 4.79 Å². The molecule has 1 aliphatic carbocycles. The van der Waals surface area contributed by atoms with Crippen LogP contribution < -0.4 is 5.56 Å². The number of thiazole rings is 1. The number of nitrogens with zero attached hydrogens (tertiary/aromatic N) is 4. The first-order chi connectivity index (χ1) is 12.4. The molecule has 138 valence electrons. The van der Waals surface area contributed by atoms with Crippen molar-refractivity contribution in [2.75, 3.05) is 0 Å². The average Bonchev–Trinajstić information content (AvgIpc) is 3.20. The molecule has 0 amide bonds. The van der Waals surface area contributed by atoms with Gasteiger partial charge in [0.05, 0.1) is 22.9 Å². The average molecular weight is 379 g/mol. The van der Waals surface area contributed by atoms with Crippen LogP contribution in [0.4, 0.5) is 8.78 Å². The SMILES string of the molecule is Cc1nc(CCc2nc3c(cnn3C3CCC(F)(F)CC3)c(=O)[nH]2)cs1. The molecule has 1 aliphatic rings. The Bertz CT molecular complexity index is 983. The van der Waals surface area contributed by atoms with E-state index in [1.54, 1.807) is 16.0 Å². The smallest absolute Gasteiger partial charge is 0.262 e. The minimum absolute atomic E-state index is 0.143. The van der Waals surface area contributed by atoms with Crippen LogP contribution in [-0.2, 0) is 12.8 Å². The molecule has 6 nitrogen and oxygen atoms in total. The van der Waals surface area contributed by atoms with E-state index in [2.05, 4.69) is 20.1 Å². The second-order valence-electron chi connectivity index (χ2n) is 6.78. The van der Waals surface area contributed by atoms with Crippen molar-refractivity contribution < 1.29 is 8.78 Å². The maximum absolute atomic E-state index is 13.4. The molecule has 0 aliphatic heterocycles. The van der Waals surface area contributed by atoms with Crippen LogP contribution in [-0.4, -0.2) is 30.7 Å². The molecule has 9 heteroatoms. The number of hydrogen-bond acceptors (Lipinski definition) is 5.